The molecular weight excluding hydrogens is 230 g/mol. The van der Waals surface area contributed by atoms with Crippen molar-refractivity contribution in [3.8, 4) is 0 Å². The molecule has 6 heteroatoms. The van der Waals surface area contributed by atoms with Gasteiger partial charge < -0.3 is 15.4 Å². The fourth-order valence-electron chi connectivity index (χ4n) is 1.97. The van der Waals surface area contributed by atoms with Gasteiger partial charge in [0.05, 0.1) is 13.2 Å². The maximum absolute atomic E-state index is 5.75. The Morgan fingerprint density at radius 3 is 2.67 bits per heavy atom. The third-order valence-electron chi connectivity index (χ3n) is 2.99. The molecule has 18 heavy (non-hydrogen) atoms. The van der Waals surface area contributed by atoms with Gasteiger partial charge in [-0.15, -0.1) is 0 Å². The first-order valence-corrected chi connectivity index (χ1v) is 6.62. The van der Waals surface area contributed by atoms with Crippen molar-refractivity contribution in [1.82, 2.24) is 15.0 Å². The Labute approximate surface area is 108 Å². The molecule has 0 amide bonds. The molecule has 2 rings (SSSR count). The Bertz CT molecular complexity index is 379. The average molecular weight is 251 g/mol. The maximum atomic E-state index is 5.75. The summed E-state index contributed by atoms with van der Waals surface area (Å²) in [5, 5.41) is 0. The van der Waals surface area contributed by atoms with Crippen molar-refractivity contribution in [2.24, 2.45) is 0 Å². The number of anilines is 2. The lowest BCUT2D eigenvalue weighted by molar-refractivity contribution is 0.122. The van der Waals surface area contributed by atoms with Crippen molar-refractivity contribution < 1.29 is 4.74 Å². The predicted octanol–water partition coefficient (Wildman–Crippen LogP) is 1.02. The van der Waals surface area contributed by atoms with E-state index in [0.717, 1.165) is 45.0 Å². The lowest BCUT2D eigenvalue weighted by atomic mass is 10.2. The van der Waals surface area contributed by atoms with Crippen LogP contribution in [0.15, 0.2) is 0 Å². The Hall–Kier alpha value is -1.43. The lowest BCUT2D eigenvalue weighted by Crippen LogP contribution is -2.37. The molecule has 0 bridgehead atoms. The third kappa shape index (κ3) is 3.53. The highest BCUT2D eigenvalue weighted by Crippen LogP contribution is 2.12. The van der Waals surface area contributed by atoms with Gasteiger partial charge in [-0.3, -0.25) is 0 Å². The normalized spacial score (nSPS) is 15.9. The fraction of sp³-hybridized carbons (Fsp3) is 0.750. The minimum absolute atomic E-state index is 0.318. The van der Waals surface area contributed by atoms with Gasteiger partial charge in [0.1, 0.15) is 5.82 Å². The highest BCUT2D eigenvalue weighted by Gasteiger charge is 2.15. The van der Waals surface area contributed by atoms with Crippen LogP contribution < -0.4 is 10.6 Å². The van der Waals surface area contributed by atoms with E-state index in [1.54, 1.807) is 0 Å². The van der Waals surface area contributed by atoms with Crippen LogP contribution in [0.1, 0.15) is 32.0 Å². The van der Waals surface area contributed by atoms with Gasteiger partial charge in [-0.2, -0.15) is 15.0 Å². The van der Waals surface area contributed by atoms with Crippen molar-refractivity contribution in [3.05, 3.63) is 5.82 Å². The summed E-state index contributed by atoms with van der Waals surface area (Å²) in [6.45, 7) is 5.25. The second-order valence-electron chi connectivity index (χ2n) is 4.47. The predicted molar refractivity (Wildman–Crippen MR) is 70.5 cm³/mol. The molecule has 0 atom stereocenters. The summed E-state index contributed by atoms with van der Waals surface area (Å²) < 4.78 is 5.32. The van der Waals surface area contributed by atoms with Crippen molar-refractivity contribution in [2.45, 2.75) is 32.6 Å². The summed E-state index contributed by atoms with van der Waals surface area (Å²) in [7, 11) is 0. The average Bonchev–Trinajstić information content (AvgIpc) is 2.39. The lowest BCUT2D eigenvalue weighted by Gasteiger charge is -2.26. The molecule has 6 nitrogen and oxygen atoms in total. The van der Waals surface area contributed by atoms with Crippen molar-refractivity contribution in [2.75, 3.05) is 36.9 Å². The molecule has 1 aliphatic heterocycles. The number of unbranched alkanes of at least 4 members (excludes halogenated alkanes) is 2. The zero-order chi connectivity index (χ0) is 12.8. The highest BCUT2D eigenvalue weighted by molar-refractivity contribution is 5.35. The molecule has 100 valence electrons. The largest absolute Gasteiger partial charge is 0.378 e. The van der Waals surface area contributed by atoms with Gasteiger partial charge in [0.25, 0.3) is 0 Å². The molecule has 0 saturated carbocycles. The van der Waals surface area contributed by atoms with E-state index in [1.165, 1.54) is 12.8 Å². The maximum Gasteiger partial charge on any atom is 0.230 e. The SMILES string of the molecule is CCCCCc1nc(N)nc(N2CCOCC2)n1. The van der Waals surface area contributed by atoms with E-state index in [-0.39, 0.29) is 0 Å². The summed E-state index contributed by atoms with van der Waals surface area (Å²) in [6, 6.07) is 0. The molecule has 1 aliphatic rings. The molecule has 1 fully saturated rings. The number of nitrogen functional groups attached to an aromatic ring is 1. The van der Waals surface area contributed by atoms with Crippen LogP contribution in [-0.4, -0.2) is 41.3 Å². The number of rotatable bonds is 5. The number of nitrogens with two attached hydrogens (primary N) is 1. The number of aryl methyl sites for hydroxylation is 1. The molecule has 0 aliphatic carbocycles. The van der Waals surface area contributed by atoms with E-state index in [2.05, 4.69) is 26.8 Å². The first kappa shape index (κ1) is 13.0. The van der Waals surface area contributed by atoms with E-state index < -0.39 is 0 Å². The molecular formula is C12H21N5O. The van der Waals surface area contributed by atoms with Gasteiger partial charge in [-0.05, 0) is 6.42 Å². The zero-order valence-corrected chi connectivity index (χ0v) is 10.9. The van der Waals surface area contributed by atoms with Crippen LogP contribution in [0, 0.1) is 0 Å². The monoisotopic (exact) mass is 251 g/mol. The summed E-state index contributed by atoms with van der Waals surface area (Å²) >= 11 is 0. The van der Waals surface area contributed by atoms with Gasteiger partial charge in [0, 0.05) is 19.5 Å². The Balaban J connectivity index is 2.05. The van der Waals surface area contributed by atoms with Crippen molar-refractivity contribution in [3.63, 3.8) is 0 Å². The van der Waals surface area contributed by atoms with Crippen LogP contribution in [0.4, 0.5) is 11.9 Å². The molecule has 0 spiro atoms. The van der Waals surface area contributed by atoms with Gasteiger partial charge in [0.15, 0.2) is 0 Å². The quantitative estimate of drug-likeness (QED) is 0.787. The fourth-order valence-corrected chi connectivity index (χ4v) is 1.97. The van der Waals surface area contributed by atoms with Crippen LogP contribution >= 0.6 is 0 Å². The van der Waals surface area contributed by atoms with Crippen LogP contribution in [0.25, 0.3) is 0 Å². The van der Waals surface area contributed by atoms with E-state index >= 15 is 0 Å². The van der Waals surface area contributed by atoms with Crippen LogP contribution in [0.5, 0.6) is 0 Å². The number of aromatic nitrogens is 3. The number of morpholine rings is 1. The molecule has 0 radical (unpaired) electrons. The van der Waals surface area contributed by atoms with Gasteiger partial charge >= 0.3 is 0 Å². The van der Waals surface area contributed by atoms with E-state index in [9.17, 15) is 0 Å². The summed E-state index contributed by atoms with van der Waals surface area (Å²) in [6.07, 6.45) is 4.36. The summed E-state index contributed by atoms with van der Waals surface area (Å²) in [4.78, 5) is 15.0. The number of ether oxygens (including phenoxy) is 1. The van der Waals surface area contributed by atoms with Crippen molar-refractivity contribution >= 4 is 11.9 Å². The molecule has 2 heterocycles. The summed E-state index contributed by atoms with van der Waals surface area (Å²) in [5.74, 6) is 1.81. The van der Waals surface area contributed by atoms with Gasteiger partial charge in [-0.1, -0.05) is 19.8 Å². The number of hydrogen-bond acceptors (Lipinski definition) is 6. The number of hydrogen-bond donors (Lipinski definition) is 1. The topological polar surface area (TPSA) is 77.2 Å². The van der Waals surface area contributed by atoms with E-state index in [0.29, 0.717) is 11.9 Å². The third-order valence-corrected chi connectivity index (χ3v) is 2.99. The van der Waals surface area contributed by atoms with Crippen LogP contribution in [-0.2, 0) is 11.2 Å². The molecule has 1 aromatic rings. The summed E-state index contributed by atoms with van der Waals surface area (Å²) in [5.41, 5.74) is 5.75. The van der Waals surface area contributed by atoms with Crippen LogP contribution in [0.3, 0.4) is 0 Å². The molecule has 0 unspecified atom stereocenters. The standard InChI is InChI=1S/C12H21N5O/c1-2-3-4-5-10-14-11(13)16-12(15-10)17-6-8-18-9-7-17/h2-9H2,1H3,(H2,13,14,15,16). The minimum Gasteiger partial charge on any atom is -0.378 e. The molecule has 1 saturated heterocycles. The number of nitrogens with zero attached hydrogens (tertiary/aromatic N) is 4. The van der Waals surface area contributed by atoms with Gasteiger partial charge in [0.2, 0.25) is 11.9 Å². The molecule has 2 N–H and O–H groups in total. The van der Waals surface area contributed by atoms with E-state index in [1.807, 2.05) is 0 Å². The highest BCUT2D eigenvalue weighted by atomic mass is 16.5. The molecule has 1 aromatic heterocycles. The first-order valence-electron chi connectivity index (χ1n) is 6.62. The zero-order valence-electron chi connectivity index (χ0n) is 10.9. The van der Waals surface area contributed by atoms with Gasteiger partial charge in [-0.25, -0.2) is 0 Å². The van der Waals surface area contributed by atoms with Crippen LogP contribution in [0.2, 0.25) is 0 Å². The second-order valence-corrected chi connectivity index (χ2v) is 4.47. The molecule has 0 aromatic carbocycles. The second kappa shape index (κ2) is 6.49. The minimum atomic E-state index is 0.318. The van der Waals surface area contributed by atoms with Crippen molar-refractivity contribution in [1.29, 1.82) is 0 Å². The Kier molecular flexibility index (Phi) is 4.69. The Morgan fingerprint density at radius 2 is 1.94 bits per heavy atom. The van der Waals surface area contributed by atoms with E-state index in [4.69, 9.17) is 10.5 Å². The smallest absolute Gasteiger partial charge is 0.230 e. The Morgan fingerprint density at radius 1 is 1.17 bits per heavy atom. The first-order chi connectivity index (χ1) is 8.79.